The molecule has 2 fully saturated rings. The average Bonchev–Trinajstić information content (AvgIpc) is 2.91. The number of carbonyl (C=O) groups excluding carboxylic acids is 6. The Bertz CT molecular complexity index is 1530. The van der Waals surface area contributed by atoms with Gasteiger partial charge in [-0.15, -0.1) is 0 Å². The number of anilines is 1. The Morgan fingerprint density at radius 3 is 2.26 bits per heavy atom. The Hall–Kier alpha value is -4.42. The predicted octanol–water partition coefficient (Wildman–Crippen LogP) is -0.225. The summed E-state index contributed by atoms with van der Waals surface area (Å²) in [5.41, 5.74) is 9.29. The summed E-state index contributed by atoms with van der Waals surface area (Å²) >= 11 is 0. The number of hydrogen-bond acceptors (Lipinski definition) is 11. The number of nitrogens with zero attached hydrogens (tertiary/aromatic N) is 1. The molecule has 0 aliphatic heterocycles. The van der Waals surface area contributed by atoms with Gasteiger partial charge in [-0.3, -0.25) is 33.7 Å². The number of esters is 1. The number of phenols is 1. The number of ketones is 4. The number of aliphatic hydroxyl groups is 1. The second kappa shape index (κ2) is 10.1. The summed E-state index contributed by atoms with van der Waals surface area (Å²) in [5.74, 6) is -14.5. The largest absolute Gasteiger partial charge is 0.507 e. The number of nitrogens with two attached hydrogens (primary N) is 2. The summed E-state index contributed by atoms with van der Waals surface area (Å²) in [6.07, 6.45) is -1.77. The molecule has 3 aliphatic rings. The molecular weight excluding hydrogens is 546 g/mol. The van der Waals surface area contributed by atoms with E-state index in [9.17, 15) is 39.0 Å². The van der Waals surface area contributed by atoms with Gasteiger partial charge in [0.2, 0.25) is 5.91 Å². The number of benzene rings is 2. The molecule has 0 saturated heterocycles. The Labute approximate surface area is 240 Å². The van der Waals surface area contributed by atoms with E-state index in [2.05, 4.69) is 0 Å². The van der Waals surface area contributed by atoms with E-state index in [1.54, 1.807) is 37.3 Å². The molecule has 1 amide bonds. The van der Waals surface area contributed by atoms with Gasteiger partial charge in [0, 0.05) is 11.6 Å². The molecule has 8 atom stereocenters. The molecule has 0 spiro atoms. The number of phenolic OH excluding ortho intramolecular Hbond substituents is 1. The highest BCUT2D eigenvalue weighted by Gasteiger charge is 2.74. The maximum Gasteiger partial charge on any atom is 0.310 e. The smallest absolute Gasteiger partial charge is 0.310 e. The lowest BCUT2D eigenvalue weighted by molar-refractivity contribution is -0.205. The molecule has 0 bridgehead atoms. The second-order valence-corrected chi connectivity index (χ2v) is 11.5. The topological polar surface area (TPSA) is 207 Å². The van der Waals surface area contributed by atoms with Crippen molar-refractivity contribution in [3.8, 4) is 5.75 Å². The number of amides is 1. The van der Waals surface area contributed by atoms with Gasteiger partial charge in [-0.2, -0.15) is 0 Å². The third-order valence-corrected chi connectivity index (χ3v) is 8.92. The van der Waals surface area contributed by atoms with Crippen molar-refractivity contribution in [2.24, 2.45) is 29.4 Å². The third kappa shape index (κ3) is 4.12. The minimum atomic E-state index is -3.08. The van der Waals surface area contributed by atoms with Crippen LogP contribution in [0, 0.1) is 23.7 Å². The summed E-state index contributed by atoms with van der Waals surface area (Å²) in [7, 11) is 2.90. The van der Waals surface area contributed by atoms with E-state index < -0.39 is 88.1 Å². The Balaban J connectivity index is 1.70. The van der Waals surface area contributed by atoms with Crippen LogP contribution in [0.15, 0.2) is 42.5 Å². The first-order chi connectivity index (χ1) is 19.7. The summed E-state index contributed by atoms with van der Waals surface area (Å²) in [5, 5.41) is 22.6. The number of aromatic hydroxyl groups is 1. The zero-order valence-corrected chi connectivity index (χ0v) is 23.1. The van der Waals surface area contributed by atoms with E-state index >= 15 is 0 Å². The first-order valence-electron chi connectivity index (χ1n) is 13.4. The van der Waals surface area contributed by atoms with Crippen LogP contribution in [0.25, 0.3) is 0 Å². The van der Waals surface area contributed by atoms with Gasteiger partial charge in [-0.05, 0) is 49.3 Å². The summed E-state index contributed by atoms with van der Waals surface area (Å²) in [4.78, 5) is 82.4. The number of fused-ring (bicyclic) bond motifs is 3. The first-order valence-corrected chi connectivity index (χ1v) is 13.4. The molecule has 3 aliphatic carbocycles. The van der Waals surface area contributed by atoms with Gasteiger partial charge >= 0.3 is 5.97 Å². The van der Waals surface area contributed by atoms with E-state index in [1.807, 2.05) is 0 Å². The maximum absolute atomic E-state index is 14.2. The monoisotopic (exact) mass is 577 g/mol. The Morgan fingerprint density at radius 1 is 1.02 bits per heavy atom. The van der Waals surface area contributed by atoms with Crippen LogP contribution in [-0.2, 0) is 35.1 Å². The van der Waals surface area contributed by atoms with Crippen molar-refractivity contribution < 1.29 is 43.7 Å². The van der Waals surface area contributed by atoms with Crippen molar-refractivity contribution in [2.45, 2.75) is 37.0 Å². The Kier molecular flexibility index (Phi) is 7.02. The molecule has 5 rings (SSSR count). The molecule has 0 aromatic heterocycles. The molecule has 2 aromatic carbocycles. The highest BCUT2D eigenvalue weighted by molar-refractivity contribution is 6.32. The van der Waals surface area contributed by atoms with Crippen LogP contribution < -0.4 is 11.5 Å². The minimum Gasteiger partial charge on any atom is -0.507 e. The maximum atomic E-state index is 14.2. The Morgan fingerprint density at radius 2 is 1.67 bits per heavy atom. The lowest BCUT2D eigenvalue weighted by Gasteiger charge is -2.56. The van der Waals surface area contributed by atoms with Crippen LogP contribution in [0.5, 0.6) is 5.75 Å². The van der Waals surface area contributed by atoms with Gasteiger partial charge < -0.3 is 26.4 Å². The summed E-state index contributed by atoms with van der Waals surface area (Å²) in [6.45, 7) is 1.67. The number of primary amides is 1. The van der Waals surface area contributed by atoms with Crippen molar-refractivity contribution in [2.75, 3.05) is 19.8 Å². The third-order valence-electron chi connectivity index (χ3n) is 8.92. The first kappa shape index (κ1) is 29.1. The lowest BCUT2D eigenvalue weighted by Crippen LogP contribution is -2.78. The molecule has 220 valence electrons. The number of nitrogen functional groups attached to an aromatic ring is 1. The molecule has 12 nitrogen and oxygen atoms in total. The highest BCUT2D eigenvalue weighted by Crippen LogP contribution is 2.55. The minimum absolute atomic E-state index is 0.149. The summed E-state index contributed by atoms with van der Waals surface area (Å²) < 4.78 is 5.97. The van der Waals surface area contributed by atoms with E-state index in [-0.39, 0.29) is 12.0 Å². The number of hydrogen-bond donors (Lipinski definition) is 4. The molecular formula is C30H31N3O9. The number of likely N-dealkylation sites (N-methyl/N-ethyl adjacent to an activating group) is 1. The van der Waals surface area contributed by atoms with Crippen molar-refractivity contribution >= 4 is 40.7 Å². The second-order valence-electron chi connectivity index (χ2n) is 11.5. The normalized spacial score (nSPS) is 32.2. The number of carbonyl (C=O) groups is 6. The van der Waals surface area contributed by atoms with Crippen LogP contribution in [0.3, 0.4) is 0 Å². The van der Waals surface area contributed by atoms with E-state index in [0.29, 0.717) is 16.8 Å². The molecule has 2 saturated carbocycles. The van der Waals surface area contributed by atoms with E-state index in [4.69, 9.17) is 16.2 Å². The van der Waals surface area contributed by atoms with Crippen molar-refractivity contribution in [3.05, 3.63) is 59.2 Å². The molecule has 0 heterocycles. The van der Waals surface area contributed by atoms with Gasteiger partial charge in [0.1, 0.15) is 11.9 Å². The fourth-order valence-electron chi connectivity index (χ4n) is 7.06. The van der Waals surface area contributed by atoms with Crippen molar-refractivity contribution in [1.82, 2.24) is 4.90 Å². The van der Waals surface area contributed by atoms with Crippen LogP contribution in [0.4, 0.5) is 5.69 Å². The zero-order chi connectivity index (χ0) is 30.8. The molecule has 0 radical (unpaired) electrons. The van der Waals surface area contributed by atoms with Gasteiger partial charge in [-0.25, -0.2) is 0 Å². The van der Waals surface area contributed by atoms with Gasteiger partial charge in [-0.1, -0.05) is 31.2 Å². The molecule has 42 heavy (non-hydrogen) atoms. The van der Waals surface area contributed by atoms with E-state index in [0.717, 1.165) is 0 Å². The molecule has 6 N–H and O–H groups in total. The SMILES string of the molecule is C[C@H]1c2cccc(O)c2C(=O)C2C(=O)[C@]3(O)C(=O)C(C(N)=O)C(=O)[C@@H](N(C)C)[C@@H]3[C@@H](OC(=O)Cc3ccc(N)cc3)[C@@H]21. The zero-order valence-electron chi connectivity index (χ0n) is 23.1. The van der Waals surface area contributed by atoms with Crippen molar-refractivity contribution in [3.63, 3.8) is 0 Å². The number of rotatable bonds is 5. The molecule has 12 heteroatoms. The number of ether oxygens (including phenoxy) is 1. The molecule has 2 unspecified atom stereocenters. The van der Waals surface area contributed by atoms with E-state index in [1.165, 1.54) is 31.1 Å². The van der Waals surface area contributed by atoms with Crippen LogP contribution in [-0.4, -0.2) is 82.0 Å². The average molecular weight is 578 g/mol. The van der Waals surface area contributed by atoms with Crippen LogP contribution in [0.1, 0.15) is 34.3 Å². The fourth-order valence-corrected chi connectivity index (χ4v) is 7.06. The van der Waals surface area contributed by atoms with Gasteiger partial charge in [0.05, 0.1) is 29.9 Å². The predicted molar refractivity (Wildman–Crippen MR) is 146 cm³/mol. The number of Topliss-reactive ketones (excluding diaryl/α,β-unsaturated/α-hetero) is 4. The van der Waals surface area contributed by atoms with Crippen molar-refractivity contribution in [1.29, 1.82) is 0 Å². The quantitative estimate of drug-likeness (QED) is 0.207. The van der Waals surface area contributed by atoms with Gasteiger partial charge in [0.25, 0.3) is 0 Å². The van der Waals surface area contributed by atoms with Crippen LogP contribution >= 0.6 is 0 Å². The fraction of sp³-hybridized carbons (Fsp3) is 0.400. The highest BCUT2D eigenvalue weighted by atomic mass is 16.5. The molecule has 2 aromatic rings. The van der Waals surface area contributed by atoms with Gasteiger partial charge in [0.15, 0.2) is 34.7 Å². The lowest BCUT2D eigenvalue weighted by atomic mass is 9.49. The standard InChI is InChI=1S/C30H31N3O9/c1-12-15-5-4-6-16(34)19(15)24(36)20-18(12)26(42-17(35)11-13-7-9-14(31)10-8-13)22-23(33(2)3)25(37)21(29(32)40)28(39)30(22,41)27(20)38/h4-10,12,18,20-23,26,34,41H,11,31H2,1-3H3,(H2,32,40)/t12-,18+,20?,21?,22+,23-,26-,30-/m0/s1. The summed E-state index contributed by atoms with van der Waals surface area (Å²) in [6, 6.07) is 9.33. The van der Waals surface area contributed by atoms with Crippen LogP contribution in [0.2, 0.25) is 0 Å².